The fourth-order valence-electron chi connectivity index (χ4n) is 3.16. The molecule has 4 unspecified atom stereocenters. The molecule has 0 aromatic heterocycles. The number of hydrogen-bond donors (Lipinski definition) is 1. The van der Waals surface area contributed by atoms with Crippen molar-refractivity contribution < 1.29 is 0 Å². The van der Waals surface area contributed by atoms with Crippen LogP contribution in [0.4, 0.5) is 0 Å². The van der Waals surface area contributed by atoms with Crippen molar-refractivity contribution in [2.75, 3.05) is 13.1 Å². The molecule has 1 aliphatic carbocycles. The molecule has 1 saturated heterocycles. The minimum atomic E-state index is 0.422. The molecule has 1 aliphatic heterocycles. The summed E-state index contributed by atoms with van der Waals surface area (Å²) in [6.07, 6.45) is 7.09. The Labute approximate surface area is 94.2 Å². The van der Waals surface area contributed by atoms with Gasteiger partial charge in [0.1, 0.15) is 0 Å². The van der Waals surface area contributed by atoms with Crippen molar-refractivity contribution in [2.24, 2.45) is 17.6 Å². The largest absolute Gasteiger partial charge is 0.326 e. The maximum absolute atomic E-state index is 6.10. The molecule has 0 aromatic carbocycles. The second-order valence-corrected chi connectivity index (χ2v) is 5.86. The van der Waals surface area contributed by atoms with Crippen LogP contribution in [0.25, 0.3) is 0 Å². The van der Waals surface area contributed by atoms with Gasteiger partial charge in [-0.1, -0.05) is 26.7 Å². The average Bonchev–Trinajstić information content (AvgIpc) is 2.41. The van der Waals surface area contributed by atoms with E-state index < -0.39 is 0 Å². The van der Waals surface area contributed by atoms with Gasteiger partial charge in [0.2, 0.25) is 0 Å². The Bertz CT molecular complexity index is 195. The van der Waals surface area contributed by atoms with Crippen LogP contribution in [0.3, 0.4) is 0 Å². The molecule has 4 atom stereocenters. The first-order valence-corrected chi connectivity index (χ1v) is 6.66. The third-order valence-corrected chi connectivity index (χ3v) is 4.44. The Balaban J connectivity index is 1.88. The van der Waals surface area contributed by atoms with E-state index in [9.17, 15) is 0 Å². The SMILES string of the molecule is CC1CCCC(N2CC(C)C(N)C2)CC1. The number of rotatable bonds is 1. The predicted octanol–water partition coefficient (Wildman–Crippen LogP) is 2.23. The van der Waals surface area contributed by atoms with E-state index in [2.05, 4.69) is 18.7 Å². The van der Waals surface area contributed by atoms with Crippen molar-refractivity contribution in [1.82, 2.24) is 4.90 Å². The molecule has 1 heterocycles. The Morgan fingerprint density at radius 1 is 1.00 bits per heavy atom. The lowest BCUT2D eigenvalue weighted by Crippen LogP contribution is -2.35. The topological polar surface area (TPSA) is 29.3 Å². The van der Waals surface area contributed by atoms with Crippen LogP contribution in [0, 0.1) is 11.8 Å². The lowest BCUT2D eigenvalue weighted by Gasteiger charge is -2.26. The fourth-order valence-corrected chi connectivity index (χ4v) is 3.16. The van der Waals surface area contributed by atoms with E-state index in [0.29, 0.717) is 12.0 Å². The summed E-state index contributed by atoms with van der Waals surface area (Å²) in [5.74, 6) is 1.65. The van der Waals surface area contributed by atoms with Crippen LogP contribution in [0.5, 0.6) is 0 Å². The molecule has 0 radical (unpaired) electrons. The lowest BCUT2D eigenvalue weighted by molar-refractivity contribution is 0.212. The molecule has 2 N–H and O–H groups in total. The summed E-state index contributed by atoms with van der Waals surface area (Å²) in [6, 6.07) is 1.26. The van der Waals surface area contributed by atoms with Crippen molar-refractivity contribution in [3.05, 3.63) is 0 Å². The zero-order chi connectivity index (χ0) is 10.8. The van der Waals surface area contributed by atoms with Gasteiger partial charge in [-0.2, -0.15) is 0 Å². The van der Waals surface area contributed by atoms with E-state index in [1.165, 1.54) is 38.6 Å². The minimum absolute atomic E-state index is 0.422. The van der Waals surface area contributed by atoms with Gasteiger partial charge >= 0.3 is 0 Å². The summed E-state index contributed by atoms with van der Waals surface area (Å²) in [6.45, 7) is 7.07. The zero-order valence-corrected chi connectivity index (χ0v) is 10.3. The van der Waals surface area contributed by atoms with Crippen LogP contribution in [-0.2, 0) is 0 Å². The van der Waals surface area contributed by atoms with Gasteiger partial charge < -0.3 is 5.73 Å². The summed E-state index contributed by atoms with van der Waals surface area (Å²) in [5, 5.41) is 0. The standard InChI is InChI=1S/C13H26N2/c1-10-4-3-5-12(7-6-10)15-8-11(2)13(14)9-15/h10-13H,3-9,14H2,1-2H3. The third-order valence-electron chi connectivity index (χ3n) is 4.44. The molecule has 0 spiro atoms. The smallest absolute Gasteiger partial charge is 0.0206 e. The van der Waals surface area contributed by atoms with Gasteiger partial charge in [0, 0.05) is 25.2 Å². The van der Waals surface area contributed by atoms with Crippen LogP contribution in [0.2, 0.25) is 0 Å². The molecular formula is C13H26N2. The maximum Gasteiger partial charge on any atom is 0.0206 e. The van der Waals surface area contributed by atoms with Gasteiger partial charge in [0.05, 0.1) is 0 Å². The van der Waals surface area contributed by atoms with Gasteiger partial charge in [-0.05, 0) is 31.1 Å². The Morgan fingerprint density at radius 2 is 1.80 bits per heavy atom. The van der Waals surface area contributed by atoms with E-state index in [-0.39, 0.29) is 0 Å². The fraction of sp³-hybridized carbons (Fsp3) is 1.00. The van der Waals surface area contributed by atoms with E-state index in [4.69, 9.17) is 5.73 Å². The second kappa shape index (κ2) is 4.84. The van der Waals surface area contributed by atoms with Crippen molar-refractivity contribution in [1.29, 1.82) is 0 Å². The number of nitrogens with two attached hydrogens (primary N) is 1. The molecule has 88 valence electrons. The highest BCUT2D eigenvalue weighted by molar-refractivity contribution is 4.88. The van der Waals surface area contributed by atoms with Crippen LogP contribution in [0.15, 0.2) is 0 Å². The number of nitrogens with zero attached hydrogens (tertiary/aromatic N) is 1. The highest BCUT2D eigenvalue weighted by Gasteiger charge is 2.31. The van der Waals surface area contributed by atoms with Gasteiger partial charge in [0.25, 0.3) is 0 Å². The molecule has 2 rings (SSSR count). The molecule has 0 bridgehead atoms. The van der Waals surface area contributed by atoms with Gasteiger partial charge in [-0.25, -0.2) is 0 Å². The van der Waals surface area contributed by atoms with Gasteiger partial charge in [0.15, 0.2) is 0 Å². The molecule has 2 aliphatic rings. The van der Waals surface area contributed by atoms with Gasteiger partial charge in [-0.15, -0.1) is 0 Å². The van der Waals surface area contributed by atoms with Crippen LogP contribution in [0.1, 0.15) is 46.0 Å². The quantitative estimate of drug-likeness (QED) is 0.673. The normalized spacial score (nSPS) is 44.2. The van der Waals surface area contributed by atoms with Crippen molar-refractivity contribution >= 4 is 0 Å². The maximum atomic E-state index is 6.10. The summed E-state index contributed by atoms with van der Waals surface area (Å²) < 4.78 is 0. The summed E-state index contributed by atoms with van der Waals surface area (Å²) in [4.78, 5) is 2.66. The van der Waals surface area contributed by atoms with E-state index in [1.54, 1.807) is 0 Å². The average molecular weight is 210 g/mol. The zero-order valence-electron chi connectivity index (χ0n) is 10.3. The Hall–Kier alpha value is -0.0800. The third kappa shape index (κ3) is 2.73. The molecular weight excluding hydrogens is 184 g/mol. The van der Waals surface area contributed by atoms with Crippen LogP contribution in [-0.4, -0.2) is 30.1 Å². The van der Waals surface area contributed by atoms with Crippen molar-refractivity contribution in [3.63, 3.8) is 0 Å². The summed E-state index contributed by atoms with van der Waals surface area (Å²) >= 11 is 0. The summed E-state index contributed by atoms with van der Waals surface area (Å²) in [5.41, 5.74) is 6.10. The minimum Gasteiger partial charge on any atom is -0.326 e. The van der Waals surface area contributed by atoms with Crippen LogP contribution < -0.4 is 5.73 Å². The van der Waals surface area contributed by atoms with E-state index in [1.807, 2.05) is 0 Å². The highest BCUT2D eigenvalue weighted by atomic mass is 15.2. The predicted molar refractivity (Wildman–Crippen MR) is 64.7 cm³/mol. The number of likely N-dealkylation sites (tertiary alicyclic amines) is 1. The van der Waals surface area contributed by atoms with Crippen LogP contribution >= 0.6 is 0 Å². The molecule has 15 heavy (non-hydrogen) atoms. The van der Waals surface area contributed by atoms with Gasteiger partial charge in [-0.3, -0.25) is 4.90 Å². The second-order valence-electron chi connectivity index (χ2n) is 5.86. The number of hydrogen-bond acceptors (Lipinski definition) is 2. The van der Waals surface area contributed by atoms with Crippen molar-refractivity contribution in [3.8, 4) is 0 Å². The highest BCUT2D eigenvalue weighted by Crippen LogP contribution is 2.28. The Morgan fingerprint density at radius 3 is 2.47 bits per heavy atom. The van der Waals surface area contributed by atoms with Crippen molar-refractivity contribution in [2.45, 2.75) is 58.0 Å². The lowest BCUT2D eigenvalue weighted by atomic mass is 10.0. The first-order valence-electron chi connectivity index (χ1n) is 6.66. The molecule has 2 nitrogen and oxygen atoms in total. The molecule has 1 saturated carbocycles. The molecule has 0 amide bonds. The summed E-state index contributed by atoms with van der Waals surface area (Å²) in [7, 11) is 0. The Kier molecular flexibility index (Phi) is 3.68. The molecule has 2 heteroatoms. The van der Waals surface area contributed by atoms with E-state index in [0.717, 1.165) is 18.5 Å². The first-order chi connectivity index (χ1) is 7.16. The molecule has 2 fully saturated rings. The first kappa shape index (κ1) is 11.4. The monoisotopic (exact) mass is 210 g/mol. The molecule has 0 aromatic rings. The van der Waals surface area contributed by atoms with E-state index >= 15 is 0 Å².